The molecular formula is C16H13N3O. The molecule has 0 fully saturated rings. The van der Waals surface area contributed by atoms with E-state index in [-0.39, 0.29) is 5.91 Å². The Morgan fingerprint density at radius 3 is 2.70 bits per heavy atom. The van der Waals surface area contributed by atoms with Gasteiger partial charge in [0.15, 0.2) is 0 Å². The van der Waals surface area contributed by atoms with Gasteiger partial charge in [-0.05, 0) is 31.2 Å². The molecule has 0 radical (unpaired) electrons. The van der Waals surface area contributed by atoms with Crippen molar-refractivity contribution in [2.75, 3.05) is 5.32 Å². The van der Waals surface area contributed by atoms with Crippen LogP contribution in [-0.2, 0) is 0 Å². The van der Waals surface area contributed by atoms with Crippen molar-refractivity contribution in [2.45, 2.75) is 6.92 Å². The minimum Gasteiger partial charge on any atom is -0.306 e. The monoisotopic (exact) mass is 263 g/mol. The van der Waals surface area contributed by atoms with Crippen LogP contribution >= 0.6 is 0 Å². The first-order valence-electron chi connectivity index (χ1n) is 6.33. The number of para-hydroxylation sites is 1. The minimum absolute atomic E-state index is 0.201. The fraction of sp³-hybridized carbons (Fsp3) is 0.0625. The van der Waals surface area contributed by atoms with Gasteiger partial charge in [0.25, 0.3) is 5.91 Å². The van der Waals surface area contributed by atoms with E-state index in [0.29, 0.717) is 16.9 Å². The predicted octanol–water partition coefficient (Wildman–Crippen LogP) is 3.19. The van der Waals surface area contributed by atoms with E-state index in [2.05, 4.69) is 15.3 Å². The second-order valence-corrected chi connectivity index (χ2v) is 4.50. The van der Waals surface area contributed by atoms with Gasteiger partial charge in [-0.1, -0.05) is 24.3 Å². The molecule has 0 aliphatic rings. The molecule has 0 saturated carbocycles. The average Bonchev–Trinajstić information content (AvgIpc) is 2.46. The zero-order valence-electron chi connectivity index (χ0n) is 11.0. The molecule has 0 bridgehead atoms. The molecule has 0 saturated heterocycles. The van der Waals surface area contributed by atoms with Crippen LogP contribution in [0, 0.1) is 6.92 Å². The zero-order valence-corrected chi connectivity index (χ0v) is 11.0. The van der Waals surface area contributed by atoms with E-state index in [1.165, 1.54) is 0 Å². The molecule has 0 spiro atoms. The Kier molecular flexibility index (Phi) is 3.13. The summed E-state index contributed by atoms with van der Waals surface area (Å²) in [6, 6.07) is 14.8. The molecule has 4 heteroatoms. The smallest absolute Gasteiger partial charge is 0.259 e. The Hall–Kier alpha value is -2.75. The van der Waals surface area contributed by atoms with E-state index >= 15 is 0 Å². The average molecular weight is 263 g/mol. The van der Waals surface area contributed by atoms with Crippen LogP contribution in [0.4, 0.5) is 5.82 Å². The summed E-state index contributed by atoms with van der Waals surface area (Å²) >= 11 is 0. The molecule has 98 valence electrons. The van der Waals surface area contributed by atoms with E-state index in [0.717, 1.165) is 11.1 Å². The van der Waals surface area contributed by atoms with Gasteiger partial charge in [0.2, 0.25) is 0 Å². The normalized spacial score (nSPS) is 10.4. The highest BCUT2D eigenvalue weighted by atomic mass is 16.1. The summed E-state index contributed by atoms with van der Waals surface area (Å²) in [5.41, 5.74) is 2.10. The molecular weight excluding hydrogens is 250 g/mol. The van der Waals surface area contributed by atoms with Crippen molar-refractivity contribution in [3.8, 4) is 0 Å². The predicted molar refractivity (Wildman–Crippen MR) is 78.7 cm³/mol. The molecule has 3 rings (SSSR count). The van der Waals surface area contributed by atoms with Gasteiger partial charge in [-0.15, -0.1) is 0 Å². The van der Waals surface area contributed by atoms with Crippen LogP contribution in [0.15, 0.2) is 54.7 Å². The molecule has 0 aliphatic heterocycles. The van der Waals surface area contributed by atoms with Gasteiger partial charge in [0.05, 0.1) is 11.1 Å². The summed E-state index contributed by atoms with van der Waals surface area (Å²) in [6.45, 7) is 1.88. The molecule has 2 aromatic heterocycles. The molecule has 0 aliphatic carbocycles. The van der Waals surface area contributed by atoms with Crippen LogP contribution in [0.2, 0.25) is 0 Å². The molecule has 0 atom stereocenters. The Morgan fingerprint density at radius 1 is 1.05 bits per heavy atom. The van der Waals surface area contributed by atoms with E-state index in [9.17, 15) is 4.79 Å². The van der Waals surface area contributed by atoms with Gasteiger partial charge in [-0.2, -0.15) is 0 Å². The number of anilines is 1. The fourth-order valence-corrected chi connectivity index (χ4v) is 2.08. The van der Waals surface area contributed by atoms with Crippen molar-refractivity contribution in [3.63, 3.8) is 0 Å². The number of pyridine rings is 2. The topological polar surface area (TPSA) is 54.9 Å². The van der Waals surface area contributed by atoms with Gasteiger partial charge in [-0.3, -0.25) is 9.78 Å². The maximum atomic E-state index is 12.3. The SMILES string of the molecule is Cc1cccc(NC(=O)c2cccc3cccnc23)n1. The number of rotatable bonds is 2. The van der Waals surface area contributed by atoms with Crippen molar-refractivity contribution in [2.24, 2.45) is 0 Å². The van der Waals surface area contributed by atoms with E-state index in [4.69, 9.17) is 0 Å². The zero-order chi connectivity index (χ0) is 13.9. The molecule has 1 N–H and O–H groups in total. The van der Waals surface area contributed by atoms with Gasteiger partial charge in [0.1, 0.15) is 5.82 Å². The second-order valence-electron chi connectivity index (χ2n) is 4.50. The third-order valence-corrected chi connectivity index (χ3v) is 3.01. The van der Waals surface area contributed by atoms with Crippen LogP contribution in [0.5, 0.6) is 0 Å². The van der Waals surface area contributed by atoms with Gasteiger partial charge < -0.3 is 5.32 Å². The number of aromatic nitrogens is 2. The molecule has 1 aromatic carbocycles. The van der Waals surface area contributed by atoms with Crippen LogP contribution in [-0.4, -0.2) is 15.9 Å². The van der Waals surface area contributed by atoms with Crippen molar-refractivity contribution in [1.29, 1.82) is 0 Å². The summed E-state index contributed by atoms with van der Waals surface area (Å²) in [6.07, 6.45) is 1.68. The Balaban J connectivity index is 1.97. The molecule has 1 amide bonds. The number of aryl methyl sites for hydroxylation is 1. The number of hydrogen-bond donors (Lipinski definition) is 1. The number of nitrogens with one attached hydrogen (secondary N) is 1. The highest BCUT2D eigenvalue weighted by Crippen LogP contribution is 2.17. The summed E-state index contributed by atoms with van der Waals surface area (Å²) < 4.78 is 0. The quantitative estimate of drug-likeness (QED) is 0.772. The minimum atomic E-state index is -0.201. The first kappa shape index (κ1) is 12.3. The number of carbonyl (C=O) groups is 1. The lowest BCUT2D eigenvalue weighted by molar-refractivity contribution is 0.102. The Morgan fingerprint density at radius 2 is 1.85 bits per heavy atom. The Bertz CT molecular complexity index is 778. The van der Waals surface area contributed by atoms with Crippen LogP contribution in [0.3, 0.4) is 0 Å². The number of amides is 1. The second kappa shape index (κ2) is 5.09. The van der Waals surface area contributed by atoms with Crippen molar-refractivity contribution < 1.29 is 4.79 Å². The number of hydrogen-bond acceptors (Lipinski definition) is 3. The lowest BCUT2D eigenvalue weighted by Gasteiger charge is -2.07. The molecule has 0 unspecified atom stereocenters. The maximum absolute atomic E-state index is 12.3. The van der Waals surface area contributed by atoms with Crippen molar-refractivity contribution in [1.82, 2.24) is 9.97 Å². The molecule has 20 heavy (non-hydrogen) atoms. The van der Waals surface area contributed by atoms with Crippen LogP contribution < -0.4 is 5.32 Å². The van der Waals surface area contributed by atoms with E-state index < -0.39 is 0 Å². The molecule has 2 heterocycles. The Labute approximate surface area is 116 Å². The molecule has 4 nitrogen and oxygen atoms in total. The standard InChI is InChI=1S/C16H13N3O/c1-11-5-2-9-14(18-11)19-16(20)13-8-3-6-12-7-4-10-17-15(12)13/h2-10H,1H3,(H,18,19,20). The van der Waals surface area contributed by atoms with Crippen LogP contribution in [0.1, 0.15) is 16.1 Å². The largest absolute Gasteiger partial charge is 0.306 e. The summed E-state index contributed by atoms with van der Waals surface area (Å²) in [4.78, 5) is 20.9. The fourth-order valence-electron chi connectivity index (χ4n) is 2.08. The highest BCUT2D eigenvalue weighted by Gasteiger charge is 2.11. The van der Waals surface area contributed by atoms with Crippen molar-refractivity contribution in [3.05, 3.63) is 66.0 Å². The van der Waals surface area contributed by atoms with Crippen molar-refractivity contribution >= 4 is 22.6 Å². The van der Waals surface area contributed by atoms with E-state index in [1.807, 2.05) is 43.3 Å². The maximum Gasteiger partial charge on any atom is 0.259 e. The number of fused-ring (bicyclic) bond motifs is 1. The summed E-state index contributed by atoms with van der Waals surface area (Å²) in [5.74, 6) is 0.343. The summed E-state index contributed by atoms with van der Waals surface area (Å²) in [5, 5.41) is 3.74. The van der Waals surface area contributed by atoms with Crippen LogP contribution in [0.25, 0.3) is 10.9 Å². The summed E-state index contributed by atoms with van der Waals surface area (Å²) in [7, 11) is 0. The first-order chi connectivity index (χ1) is 9.74. The number of carbonyl (C=O) groups excluding carboxylic acids is 1. The lowest BCUT2D eigenvalue weighted by Crippen LogP contribution is -2.13. The van der Waals surface area contributed by atoms with E-state index in [1.54, 1.807) is 18.3 Å². The third kappa shape index (κ3) is 2.36. The lowest BCUT2D eigenvalue weighted by atomic mass is 10.1. The van der Waals surface area contributed by atoms with Gasteiger partial charge in [-0.25, -0.2) is 4.98 Å². The number of nitrogens with zero attached hydrogens (tertiary/aromatic N) is 2. The third-order valence-electron chi connectivity index (χ3n) is 3.01. The molecule has 3 aromatic rings. The van der Waals surface area contributed by atoms with Gasteiger partial charge >= 0.3 is 0 Å². The van der Waals surface area contributed by atoms with Gasteiger partial charge in [0, 0.05) is 17.3 Å². The highest BCUT2D eigenvalue weighted by molar-refractivity contribution is 6.11. The first-order valence-corrected chi connectivity index (χ1v) is 6.33. The number of benzene rings is 1.